The van der Waals surface area contributed by atoms with Crippen LogP contribution < -0.4 is 10.1 Å². The van der Waals surface area contributed by atoms with Crippen molar-refractivity contribution in [1.82, 2.24) is 10.2 Å². The van der Waals surface area contributed by atoms with Gasteiger partial charge in [0.15, 0.2) is 0 Å². The first kappa shape index (κ1) is 18.2. The average Bonchev–Trinajstić information content (AvgIpc) is 3.17. The van der Waals surface area contributed by atoms with Crippen molar-refractivity contribution in [3.8, 4) is 5.75 Å². The number of carbonyl (C=O) groups excluding carboxylic acids is 1. The van der Waals surface area contributed by atoms with E-state index in [1.54, 1.807) is 7.11 Å². The van der Waals surface area contributed by atoms with E-state index in [2.05, 4.69) is 29.3 Å². The molecule has 1 heterocycles. The standard InChI is InChI=1S/C20H30N2O3/c1-16(22-11-13-25-14-12-22)15-21-19(23)20(9-3-4-10-20)17-5-7-18(24-2)8-6-17/h5-8,16H,3-4,9-15H2,1-2H3,(H,21,23). The van der Waals surface area contributed by atoms with Crippen LogP contribution in [0, 0.1) is 0 Å². The van der Waals surface area contributed by atoms with Crippen LogP contribution in [0.3, 0.4) is 0 Å². The molecule has 1 aliphatic heterocycles. The third-order valence-corrected chi connectivity index (χ3v) is 5.76. The van der Waals surface area contributed by atoms with E-state index in [0.717, 1.165) is 63.3 Å². The highest BCUT2D eigenvalue weighted by atomic mass is 16.5. The molecule has 0 bridgehead atoms. The van der Waals surface area contributed by atoms with Gasteiger partial charge >= 0.3 is 0 Å². The number of nitrogens with zero attached hydrogens (tertiary/aromatic N) is 1. The molecule has 1 amide bonds. The van der Waals surface area contributed by atoms with Crippen LogP contribution in [0.1, 0.15) is 38.2 Å². The van der Waals surface area contributed by atoms with Crippen molar-refractivity contribution in [2.24, 2.45) is 0 Å². The number of amides is 1. The maximum Gasteiger partial charge on any atom is 0.230 e. The molecule has 2 aliphatic rings. The zero-order valence-corrected chi connectivity index (χ0v) is 15.4. The lowest BCUT2D eigenvalue weighted by atomic mass is 9.78. The number of hydrogen-bond donors (Lipinski definition) is 1. The number of methoxy groups -OCH3 is 1. The summed E-state index contributed by atoms with van der Waals surface area (Å²) in [5.41, 5.74) is 0.735. The van der Waals surface area contributed by atoms with Crippen LogP contribution in [0.5, 0.6) is 5.75 Å². The lowest BCUT2D eigenvalue weighted by molar-refractivity contribution is -0.127. The first-order valence-corrected chi connectivity index (χ1v) is 9.40. The Labute approximate surface area is 150 Å². The van der Waals surface area contributed by atoms with Crippen molar-refractivity contribution >= 4 is 5.91 Å². The SMILES string of the molecule is COc1ccc(C2(C(=O)NCC(C)N3CCOCC3)CCCC2)cc1. The minimum Gasteiger partial charge on any atom is -0.497 e. The Morgan fingerprint density at radius 3 is 2.48 bits per heavy atom. The summed E-state index contributed by atoms with van der Waals surface area (Å²) < 4.78 is 10.7. The fourth-order valence-corrected chi connectivity index (χ4v) is 4.09. The molecule has 1 unspecified atom stereocenters. The van der Waals surface area contributed by atoms with E-state index in [9.17, 15) is 4.79 Å². The molecule has 1 saturated heterocycles. The molecule has 25 heavy (non-hydrogen) atoms. The number of ether oxygens (including phenoxy) is 2. The fraction of sp³-hybridized carbons (Fsp3) is 0.650. The largest absolute Gasteiger partial charge is 0.497 e. The van der Waals surface area contributed by atoms with Crippen LogP contribution in [-0.2, 0) is 14.9 Å². The summed E-state index contributed by atoms with van der Waals surface area (Å²) in [6.45, 7) is 6.33. The van der Waals surface area contributed by atoms with E-state index in [4.69, 9.17) is 9.47 Å². The van der Waals surface area contributed by atoms with Crippen molar-refractivity contribution in [3.05, 3.63) is 29.8 Å². The lowest BCUT2D eigenvalue weighted by Crippen LogP contribution is -2.50. The Bertz CT molecular complexity index is 561. The average molecular weight is 346 g/mol. The van der Waals surface area contributed by atoms with E-state index in [1.807, 2.05) is 12.1 Å². The minimum atomic E-state index is -0.378. The van der Waals surface area contributed by atoms with Gasteiger partial charge in [-0.25, -0.2) is 0 Å². The molecule has 1 aliphatic carbocycles. The normalized spacial score (nSPS) is 21.7. The maximum absolute atomic E-state index is 13.1. The van der Waals surface area contributed by atoms with Crippen molar-refractivity contribution in [3.63, 3.8) is 0 Å². The van der Waals surface area contributed by atoms with Gasteiger partial charge in [-0.15, -0.1) is 0 Å². The minimum absolute atomic E-state index is 0.176. The van der Waals surface area contributed by atoms with Crippen LogP contribution in [-0.4, -0.2) is 56.8 Å². The van der Waals surface area contributed by atoms with Crippen molar-refractivity contribution in [1.29, 1.82) is 0 Å². The number of benzene rings is 1. The van der Waals surface area contributed by atoms with E-state index in [-0.39, 0.29) is 11.3 Å². The Kier molecular flexibility index (Phi) is 5.97. The summed E-state index contributed by atoms with van der Waals surface area (Å²) >= 11 is 0. The summed E-state index contributed by atoms with van der Waals surface area (Å²) in [6, 6.07) is 8.35. The van der Waals surface area contributed by atoms with Gasteiger partial charge in [0.1, 0.15) is 5.75 Å². The number of nitrogens with one attached hydrogen (secondary N) is 1. The molecule has 0 aromatic heterocycles. The van der Waals surface area contributed by atoms with Gasteiger partial charge in [0.05, 0.1) is 25.7 Å². The number of morpholine rings is 1. The highest BCUT2D eigenvalue weighted by molar-refractivity contribution is 5.88. The summed E-state index contributed by atoms with van der Waals surface area (Å²) in [4.78, 5) is 15.5. The van der Waals surface area contributed by atoms with Gasteiger partial charge in [-0.1, -0.05) is 25.0 Å². The Morgan fingerprint density at radius 1 is 1.24 bits per heavy atom. The second-order valence-corrected chi connectivity index (χ2v) is 7.23. The van der Waals surface area contributed by atoms with Crippen molar-refractivity contribution < 1.29 is 14.3 Å². The molecule has 2 fully saturated rings. The van der Waals surface area contributed by atoms with Crippen LogP contribution in [0.2, 0.25) is 0 Å². The lowest BCUT2D eigenvalue weighted by Gasteiger charge is -2.34. The van der Waals surface area contributed by atoms with Gasteiger partial charge in [-0.3, -0.25) is 9.69 Å². The molecule has 1 N–H and O–H groups in total. The fourth-order valence-electron chi connectivity index (χ4n) is 4.09. The van der Waals surface area contributed by atoms with Gasteiger partial charge in [0, 0.05) is 25.7 Å². The van der Waals surface area contributed by atoms with Crippen LogP contribution >= 0.6 is 0 Å². The number of carbonyl (C=O) groups is 1. The molecular formula is C20H30N2O3. The van der Waals surface area contributed by atoms with Crippen molar-refractivity contribution in [2.45, 2.75) is 44.1 Å². The highest BCUT2D eigenvalue weighted by Crippen LogP contribution is 2.41. The van der Waals surface area contributed by atoms with Crippen LogP contribution in [0.15, 0.2) is 24.3 Å². The molecule has 1 atom stereocenters. The molecule has 138 valence electrons. The van der Waals surface area contributed by atoms with Gasteiger partial charge in [-0.2, -0.15) is 0 Å². The zero-order chi connectivity index (χ0) is 17.7. The predicted octanol–water partition coefficient (Wildman–Crippen LogP) is 2.34. The topological polar surface area (TPSA) is 50.8 Å². The molecule has 3 rings (SSSR count). The quantitative estimate of drug-likeness (QED) is 0.859. The smallest absolute Gasteiger partial charge is 0.230 e. The first-order valence-electron chi connectivity index (χ1n) is 9.40. The van der Waals surface area contributed by atoms with E-state index < -0.39 is 0 Å². The predicted molar refractivity (Wildman–Crippen MR) is 98.0 cm³/mol. The first-order chi connectivity index (χ1) is 12.2. The van der Waals surface area contributed by atoms with Crippen LogP contribution in [0.4, 0.5) is 0 Å². The summed E-state index contributed by atoms with van der Waals surface area (Å²) in [5.74, 6) is 1.01. The van der Waals surface area contributed by atoms with Gasteiger partial charge in [-0.05, 0) is 37.5 Å². The Balaban J connectivity index is 1.66. The summed E-state index contributed by atoms with van der Waals surface area (Å²) in [6.07, 6.45) is 4.07. The highest BCUT2D eigenvalue weighted by Gasteiger charge is 2.42. The number of rotatable bonds is 6. The monoisotopic (exact) mass is 346 g/mol. The molecule has 0 radical (unpaired) electrons. The maximum atomic E-state index is 13.1. The number of hydrogen-bond acceptors (Lipinski definition) is 4. The Hall–Kier alpha value is -1.59. The second-order valence-electron chi connectivity index (χ2n) is 7.23. The molecule has 1 aromatic rings. The third-order valence-electron chi connectivity index (χ3n) is 5.76. The van der Waals surface area contributed by atoms with Gasteiger partial charge in [0.2, 0.25) is 5.91 Å². The van der Waals surface area contributed by atoms with Crippen molar-refractivity contribution in [2.75, 3.05) is 40.0 Å². The van der Waals surface area contributed by atoms with Gasteiger partial charge < -0.3 is 14.8 Å². The van der Waals surface area contributed by atoms with Gasteiger partial charge in [0.25, 0.3) is 0 Å². The van der Waals surface area contributed by atoms with E-state index >= 15 is 0 Å². The van der Waals surface area contributed by atoms with E-state index in [0.29, 0.717) is 12.6 Å². The molecule has 5 nitrogen and oxygen atoms in total. The van der Waals surface area contributed by atoms with E-state index in [1.165, 1.54) is 0 Å². The zero-order valence-electron chi connectivity index (χ0n) is 15.4. The Morgan fingerprint density at radius 2 is 1.88 bits per heavy atom. The molecule has 1 aromatic carbocycles. The second kappa shape index (κ2) is 8.19. The molecule has 0 spiro atoms. The van der Waals surface area contributed by atoms with Crippen LogP contribution in [0.25, 0.3) is 0 Å². The molecular weight excluding hydrogens is 316 g/mol. The summed E-state index contributed by atoms with van der Waals surface area (Å²) in [5, 5.41) is 3.24. The molecule has 1 saturated carbocycles. The third kappa shape index (κ3) is 3.98. The summed E-state index contributed by atoms with van der Waals surface area (Å²) in [7, 11) is 1.67. The molecule has 5 heteroatoms.